The number of aliphatic carboxylic acids is 2. The summed E-state index contributed by atoms with van der Waals surface area (Å²) >= 11 is 0. The monoisotopic (exact) mass is 298 g/mol. The topological polar surface area (TPSA) is 115 Å². The molecule has 0 atom stereocenters. The molecule has 8 heteroatoms. The van der Waals surface area contributed by atoms with E-state index in [2.05, 4.69) is 0 Å². The number of likely N-dealkylation sites (tertiary alicyclic amines) is 2. The van der Waals surface area contributed by atoms with E-state index in [1.54, 1.807) is 0 Å². The zero-order valence-electron chi connectivity index (χ0n) is 11.6. The molecule has 0 spiro atoms. The predicted octanol–water partition coefficient (Wildman–Crippen LogP) is -0.613. The van der Waals surface area contributed by atoms with Gasteiger partial charge in [0.05, 0.1) is 0 Å². The lowest BCUT2D eigenvalue weighted by atomic mass is 9.86. The highest BCUT2D eigenvalue weighted by molar-refractivity contribution is 6.00. The second kappa shape index (κ2) is 5.71. The molecule has 2 aliphatic heterocycles. The maximum atomic E-state index is 11.7. The summed E-state index contributed by atoms with van der Waals surface area (Å²) in [6.07, 6.45) is 1.80. The number of hydrogen-bond donors (Lipinski definition) is 2. The van der Waals surface area contributed by atoms with Crippen molar-refractivity contribution in [3.05, 3.63) is 0 Å². The summed E-state index contributed by atoms with van der Waals surface area (Å²) in [4.78, 5) is 49.0. The van der Waals surface area contributed by atoms with E-state index in [1.165, 1.54) is 9.80 Å². The van der Waals surface area contributed by atoms with E-state index in [1.807, 2.05) is 0 Å². The van der Waals surface area contributed by atoms with Crippen LogP contribution < -0.4 is 0 Å². The smallest absolute Gasteiger partial charge is 0.324 e. The van der Waals surface area contributed by atoms with Gasteiger partial charge in [-0.3, -0.25) is 19.2 Å². The van der Waals surface area contributed by atoms with Gasteiger partial charge in [-0.05, 0) is 12.8 Å². The lowest BCUT2D eigenvalue weighted by molar-refractivity contribution is -0.168. The Morgan fingerprint density at radius 1 is 0.905 bits per heavy atom. The standard InChI is InChI=1S/C13H18N2O6/c16-9-3-1-5-14(9)7-13(11(18)19,12(20)21)8-15-6-2-4-10(15)17/h1-8H2,(H,18,19)(H,20,21). The normalized spacial score (nSPS) is 19.4. The van der Waals surface area contributed by atoms with E-state index in [0.717, 1.165) is 0 Å². The Labute approximate surface area is 121 Å². The molecule has 21 heavy (non-hydrogen) atoms. The highest BCUT2D eigenvalue weighted by Gasteiger charge is 2.51. The number of carboxylic acid groups (broad SMARTS) is 2. The van der Waals surface area contributed by atoms with Crippen LogP contribution in [0.15, 0.2) is 0 Å². The largest absolute Gasteiger partial charge is 0.480 e. The second-order valence-electron chi connectivity index (χ2n) is 5.53. The summed E-state index contributed by atoms with van der Waals surface area (Å²) in [6.45, 7) is -0.0925. The Bertz CT molecular complexity index is 445. The Balaban J connectivity index is 2.24. The van der Waals surface area contributed by atoms with Gasteiger partial charge in [-0.2, -0.15) is 0 Å². The Kier molecular flexibility index (Phi) is 4.15. The number of amides is 2. The minimum Gasteiger partial charge on any atom is -0.480 e. The summed E-state index contributed by atoms with van der Waals surface area (Å²) in [7, 11) is 0. The third-order valence-electron chi connectivity index (χ3n) is 4.08. The first-order valence-electron chi connectivity index (χ1n) is 6.89. The van der Waals surface area contributed by atoms with Crippen molar-refractivity contribution in [2.45, 2.75) is 25.7 Å². The van der Waals surface area contributed by atoms with Crippen molar-refractivity contribution in [1.82, 2.24) is 9.80 Å². The average Bonchev–Trinajstić information content (AvgIpc) is 2.98. The quantitative estimate of drug-likeness (QED) is 0.632. The van der Waals surface area contributed by atoms with E-state index in [-0.39, 0.29) is 11.8 Å². The zero-order valence-corrected chi connectivity index (χ0v) is 11.6. The van der Waals surface area contributed by atoms with Crippen molar-refractivity contribution in [2.75, 3.05) is 26.2 Å². The molecule has 2 heterocycles. The number of carbonyl (C=O) groups excluding carboxylic acids is 2. The molecule has 2 amide bonds. The maximum absolute atomic E-state index is 11.7. The zero-order chi connectivity index (χ0) is 15.6. The van der Waals surface area contributed by atoms with Crippen LogP contribution in [0.1, 0.15) is 25.7 Å². The molecular formula is C13H18N2O6. The Morgan fingerprint density at radius 2 is 1.29 bits per heavy atom. The Morgan fingerprint density at radius 3 is 1.52 bits per heavy atom. The van der Waals surface area contributed by atoms with Crippen LogP contribution in [0.2, 0.25) is 0 Å². The van der Waals surface area contributed by atoms with E-state index in [4.69, 9.17) is 0 Å². The van der Waals surface area contributed by atoms with Gasteiger partial charge >= 0.3 is 11.9 Å². The van der Waals surface area contributed by atoms with Crippen LogP contribution in [-0.4, -0.2) is 69.9 Å². The number of hydrogen-bond acceptors (Lipinski definition) is 4. The summed E-state index contributed by atoms with van der Waals surface area (Å²) in [5, 5.41) is 18.9. The Hall–Kier alpha value is -2.12. The van der Waals surface area contributed by atoms with Gasteiger partial charge in [0.2, 0.25) is 11.8 Å². The highest BCUT2D eigenvalue weighted by Crippen LogP contribution is 2.27. The van der Waals surface area contributed by atoms with Gasteiger partial charge in [0, 0.05) is 39.0 Å². The number of carboxylic acids is 2. The number of rotatable bonds is 6. The molecule has 0 bridgehead atoms. The fourth-order valence-electron chi connectivity index (χ4n) is 2.81. The SMILES string of the molecule is O=C1CCCN1CC(CN1CCCC1=O)(C(=O)O)C(=O)O. The first-order chi connectivity index (χ1) is 9.86. The molecule has 0 aromatic heterocycles. The van der Waals surface area contributed by atoms with Crippen molar-refractivity contribution < 1.29 is 29.4 Å². The summed E-state index contributed by atoms with van der Waals surface area (Å²) < 4.78 is 0. The van der Waals surface area contributed by atoms with E-state index in [9.17, 15) is 29.4 Å². The first-order valence-corrected chi connectivity index (χ1v) is 6.89. The molecule has 0 unspecified atom stereocenters. The van der Waals surface area contributed by atoms with Gasteiger partial charge in [-0.25, -0.2) is 0 Å². The van der Waals surface area contributed by atoms with Gasteiger partial charge in [-0.15, -0.1) is 0 Å². The lowest BCUT2D eigenvalue weighted by Crippen LogP contribution is -2.55. The van der Waals surface area contributed by atoms with Crippen LogP contribution in [-0.2, 0) is 19.2 Å². The molecule has 2 rings (SSSR count). The third-order valence-corrected chi connectivity index (χ3v) is 4.08. The third kappa shape index (κ3) is 2.84. The maximum Gasteiger partial charge on any atom is 0.324 e. The van der Waals surface area contributed by atoms with Gasteiger partial charge in [-0.1, -0.05) is 0 Å². The lowest BCUT2D eigenvalue weighted by Gasteiger charge is -2.33. The van der Waals surface area contributed by atoms with Gasteiger partial charge in [0.25, 0.3) is 0 Å². The minimum absolute atomic E-state index is 0.241. The molecule has 2 N–H and O–H groups in total. The van der Waals surface area contributed by atoms with Crippen LogP contribution in [0.4, 0.5) is 0 Å². The van der Waals surface area contributed by atoms with E-state index < -0.39 is 30.4 Å². The van der Waals surface area contributed by atoms with Crippen LogP contribution in [0.25, 0.3) is 0 Å². The van der Waals surface area contributed by atoms with E-state index in [0.29, 0.717) is 38.8 Å². The molecule has 0 saturated carbocycles. The number of carbonyl (C=O) groups is 4. The van der Waals surface area contributed by atoms with Crippen LogP contribution in [0.3, 0.4) is 0 Å². The van der Waals surface area contributed by atoms with Crippen LogP contribution >= 0.6 is 0 Å². The highest BCUT2D eigenvalue weighted by atomic mass is 16.4. The summed E-state index contributed by atoms with van der Waals surface area (Å²) in [5.41, 5.74) is -2.17. The fraction of sp³-hybridized carbons (Fsp3) is 0.692. The summed E-state index contributed by atoms with van der Waals surface area (Å²) in [5.74, 6) is -3.52. The van der Waals surface area contributed by atoms with Crippen molar-refractivity contribution >= 4 is 23.8 Å². The number of nitrogens with zero attached hydrogens (tertiary/aromatic N) is 2. The van der Waals surface area contributed by atoms with Crippen molar-refractivity contribution in [3.8, 4) is 0 Å². The second-order valence-corrected chi connectivity index (χ2v) is 5.53. The van der Waals surface area contributed by atoms with Crippen LogP contribution in [0.5, 0.6) is 0 Å². The fourth-order valence-corrected chi connectivity index (χ4v) is 2.81. The minimum atomic E-state index is -2.17. The average molecular weight is 298 g/mol. The van der Waals surface area contributed by atoms with Crippen molar-refractivity contribution in [1.29, 1.82) is 0 Å². The molecule has 116 valence electrons. The van der Waals surface area contributed by atoms with Crippen molar-refractivity contribution in [2.24, 2.45) is 5.41 Å². The summed E-state index contributed by atoms with van der Waals surface area (Å²) in [6, 6.07) is 0. The molecule has 0 aromatic rings. The van der Waals surface area contributed by atoms with Gasteiger partial charge < -0.3 is 20.0 Å². The molecular weight excluding hydrogens is 280 g/mol. The molecule has 0 radical (unpaired) electrons. The molecule has 2 aliphatic rings. The molecule has 2 fully saturated rings. The van der Waals surface area contributed by atoms with Gasteiger partial charge in [0.1, 0.15) is 0 Å². The van der Waals surface area contributed by atoms with Crippen molar-refractivity contribution in [3.63, 3.8) is 0 Å². The predicted molar refractivity (Wildman–Crippen MR) is 69.3 cm³/mol. The van der Waals surface area contributed by atoms with Gasteiger partial charge in [0.15, 0.2) is 5.41 Å². The molecule has 0 aromatic carbocycles. The molecule has 0 aliphatic carbocycles. The van der Waals surface area contributed by atoms with Crippen LogP contribution in [0, 0.1) is 5.41 Å². The van der Waals surface area contributed by atoms with E-state index >= 15 is 0 Å². The molecule has 2 saturated heterocycles. The first kappa shape index (κ1) is 15.3. The molecule has 8 nitrogen and oxygen atoms in total.